The van der Waals surface area contributed by atoms with Crippen LogP contribution in [0.2, 0.25) is 0 Å². The Morgan fingerprint density at radius 1 is 1.50 bits per heavy atom. The highest BCUT2D eigenvalue weighted by atomic mass is 32.1. The van der Waals surface area contributed by atoms with Crippen molar-refractivity contribution in [2.45, 2.75) is 39.2 Å². The van der Waals surface area contributed by atoms with Crippen molar-refractivity contribution >= 4 is 27.6 Å². The van der Waals surface area contributed by atoms with Crippen LogP contribution >= 0.6 is 11.3 Å². The van der Waals surface area contributed by atoms with Gasteiger partial charge in [0.25, 0.3) is 5.56 Å². The van der Waals surface area contributed by atoms with Gasteiger partial charge < -0.3 is 20.7 Å². The lowest BCUT2D eigenvalue weighted by Gasteiger charge is -2.32. The lowest BCUT2D eigenvalue weighted by molar-refractivity contribution is -0.0496. The molecule has 0 spiro atoms. The van der Waals surface area contributed by atoms with Crippen LogP contribution in [0.15, 0.2) is 9.59 Å². The van der Waals surface area contributed by atoms with E-state index in [2.05, 4.69) is 9.97 Å². The van der Waals surface area contributed by atoms with E-state index in [4.69, 9.17) is 10.5 Å². The van der Waals surface area contributed by atoms with Gasteiger partial charge in [-0.1, -0.05) is 25.2 Å². The number of nitrogens with two attached hydrogens (primary N) is 1. The van der Waals surface area contributed by atoms with Crippen molar-refractivity contribution in [1.82, 2.24) is 14.5 Å². The fourth-order valence-corrected chi connectivity index (χ4v) is 4.38. The van der Waals surface area contributed by atoms with E-state index < -0.39 is 40.2 Å². The van der Waals surface area contributed by atoms with E-state index in [-0.39, 0.29) is 22.9 Å². The molecule has 9 nitrogen and oxygen atoms in total. The number of aliphatic hydroxyl groups excluding tert-OH is 2. The van der Waals surface area contributed by atoms with E-state index in [1.165, 1.54) is 4.57 Å². The third kappa shape index (κ3) is 2.37. The van der Waals surface area contributed by atoms with Gasteiger partial charge in [-0.25, -0.2) is 0 Å². The third-order valence-corrected chi connectivity index (χ3v) is 5.67. The quantitative estimate of drug-likeness (QED) is 0.588. The highest BCUT2D eigenvalue weighted by molar-refractivity contribution is 7.16. The number of rotatable bonds is 3. The Labute approximate surface area is 140 Å². The molecule has 3 heterocycles. The molecule has 10 heteroatoms. The minimum Gasteiger partial charge on any atom is -0.394 e. The smallest absolute Gasteiger partial charge is 0.311 e. The first-order valence-electron chi connectivity index (χ1n) is 7.53. The zero-order valence-electron chi connectivity index (χ0n) is 13.5. The van der Waals surface area contributed by atoms with Gasteiger partial charge in [-0.2, -0.15) is 4.98 Å². The van der Waals surface area contributed by atoms with Crippen LogP contribution in [-0.2, 0) is 4.74 Å². The van der Waals surface area contributed by atoms with Gasteiger partial charge in [-0.05, 0) is 6.92 Å². The van der Waals surface area contributed by atoms with Crippen LogP contribution in [0.25, 0.3) is 10.3 Å². The second-order valence-electron chi connectivity index (χ2n) is 6.63. The van der Waals surface area contributed by atoms with Crippen molar-refractivity contribution in [3.8, 4) is 0 Å². The number of nitrogens with one attached hydrogen (secondary N) is 1. The molecule has 1 aliphatic rings. The number of ether oxygens (including phenoxy) is 1. The van der Waals surface area contributed by atoms with E-state index in [9.17, 15) is 19.8 Å². The minimum atomic E-state index is -0.855. The average molecular weight is 356 g/mol. The number of anilines is 1. The maximum absolute atomic E-state index is 12.5. The summed E-state index contributed by atoms with van der Waals surface area (Å²) in [6.45, 7) is 5.08. The second kappa shape index (κ2) is 5.66. The van der Waals surface area contributed by atoms with E-state index in [1.54, 1.807) is 6.92 Å². The molecule has 1 unspecified atom stereocenters. The zero-order valence-corrected chi connectivity index (χ0v) is 14.3. The van der Waals surface area contributed by atoms with Gasteiger partial charge >= 0.3 is 4.87 Å². The first kappa shape index (κ1) is 17.1. The summed E-state index contributed by atoms with van der Waals surface area (Å²) in [7, 11) is 0. The van der Waals surface area contributed by atoms with Crippen molar-refractivity contribution < 1.29 is 14.9 Å². The number of hydrogen-bond acceptors (Lipinski definition) is 8. The lowest BCUT2D eigenvalue weighted by Crippen LogP contribution is -2.39. The van der Waals surface area contributed by atoms with Crippen LogP contribution in [0.1, 0.15) is 27.0 Å². The second-order valence-corrected chi connectivity index (χ2v) is 7.59. The summed E-state index contributed by atoms with van der Waals surface area (Å²) in [5.41, 5.74) is 4.63. The molecular formula is C14H20N4O5S. The summed E-state index contributed by atoms with van der Waals surface area (Å²) in [4.78, 5) is 30.5. The van der Waals surface area contributed by atoms with Crippen LogP contribution < -0.4 is 16.2 Å². The Morgan fingerprint density at radius 3 is 2.75 bits per heavy atom. The molecule has 0 saturated carbocycles. The Bertz CT molecular complexity index is 883. The van der Waals surface area contributed by atoms with Gasteiger partial charge in [0.2, 0.25) is 5.95 Å². The van der Waals surface area contributed by atoms with Crippen molar-refractivity contribution in [2.24, 2.45) is 11.3 Å². The number of H-pyrrole nitrogens is 1. The Hall–Kier alpha value is -1.75. The van der Waals surface area contributed by atoms with Crippen molar-refractivity contribution in [3.05, 3.63) is 20.0 Å². The highest BCUT2D eigenvalue weighted by Gasteiger charge is 2.53. The topological polar surface area (TPSA) is 143 Å². The molecule has 24 heavy (non-hydrogen) atoms. The summed E-state index contributed by atoms with van der Waals surface area (Å²) >= 11 is 0.745. The van der Waals surface area contributed by atoms with Crippen molar-refractivity contribution in [2.75, 3.05) is 12.3 Å². The van der Waals surface area contributed by atoms with E-state index in [0.29, 0.717) is 0 Å². The molecule has 0 aromatic carbocycles. The molecule has 2 aromatic rings. The standard InChI is InChI=1S/C14H20N4O5S/c1-5(20)7-11(23-6(4-19)14(7,2)3)18-9-8(24-13(18)22)10(21)17-12(15)16-9/h5-7,11,19-20H,4H2,1-3H3,(H3,15,16,17,21)/t5?,6-,7+,11-/m1/s1. The summed E-state index contributed by atoms with van der Waals surface area (Å²) in [5, 5.41) is 19.9. The monoisotopic (exact) mass is 356 g/mol. The summed E-state index contributed by atoms with van der Waals surface area (Å²) < 4.78 is 7.28. The number of fused-ring (bicyclic) bond motifs is 1. The SMILES string of the molecule is CC(O)[C@H]1[C@H](n2c(=O)sc3c(=O)[nH]c(N)nc32)O[C@H](CO)C1(C)C. The zero-order chi connectivity index (χ0) is 17.8. The number of aliphatic hydroxyl groups is 2. The molecule has 3 rings (SSSR count). The molecular weight excluding hydrogens is 336 g/mol. The molecule has 1 fully saturated rings. The summed E-state index contributed by atoms with van der Waals surface area (Å²) in [6.07, 6.45) is -2.22. The molecule has 0 amide bonds. The first-order chi connectivity index (χ1) is 11.2. The van der Waals surface area contributed by atoms with Gasteiger partial charge in [0.05, 0.1) is 18.8 Å². The number of nitrogen functional groups attached to an aromatic ring is 1. The van der Waals surface area contributed by atoms with Crippen LogP contribution in [0.3, 0.4) is 0 Å². The number of aromatic amines is 1. The normalized spacial score (nSPS) is 27.6. The molecule has 0 aliphatic carbocycles. The van der Waals surface area contributed by atoms with Crippen LogP contribution in [0, 0.1) is 11.3 Å². The van der Waals surface area contributed by atoms with E-state index >= 15 is 0 Å². The lowest BCUT2D eigenvalue weighted by atomic mass is 9.73. The van der Waals surface area contributed by atoms with Crippen molar-refractivity contribution in [1.29, 1.82) is 0 Å². The Balaban J connectivity index is 2.25. The van der Waals surface area contributed by atoms with E-state index in [0.717, 1.165) is 11.3 Å². The predicted molar refractivity (Wildman–Crippen MR) is 88.9 cm³/mol. The number of thiazole rings is 1. The van der Waals surface area contributed by atoms with Gasteiger partial charge in [0.15, 0.2) is 5.65 Å². The molecule has 5 N–H and O–H groups in total. The van der Waals surface area contributed by atoms with Gasteiger partial charge in [0, 0.05) is 11.3 Å². The largest absolute Gasteiger partial charge is 0.394 e. The maximum Gasteiger partial charge on any atom is 0.311 e. The molecule has 0 radical (unpaired) electrons. The van der Waals surface area contributed by atoms with Crippen LogP contribution in [0.5, 0.6) is 0 Å². The highest BCUT2D eigenvalue weighted by Crippen LogP contribution is 2.49. The fraction of sp³-hybridized carbons (Fsp3) is 0.643. The molecule has 4 atom stereocenters. The first-order valence-corrected chi connectivity index (χ1v) is 8.35. The maximum atomic E-state index is 12.5. The van der Waals surface area contributed by atoms with Gasteiger partial charge in [-0.15, -0.1) is 0 Å². The predicted octanol–water partition coefficient (Wildman–Crippen LogP) is -0.359. The Morgan fingerprint density at radius 2 is 2.17 bits per heavy atom. The minimum absolute atomic E-state index is 0.108. The molecule has 1 aliphatic heterocycles. The summed E-state index contributed by atoms with van der Waals surface area (Å²) in [6, 6.07) is 0. The number of nitrogens with zero attached hydrogens (tertiary/aromatic N) is 2. The Kier molecular flexibility index (Phi) is 4.03. The van der Waals surface area contributed by atoms with Crippen LogP contribution in [-0.4, -0.2) is 43.6 Å². The van der Waals surface area contributed by atoms with Gasteiger partial charge in [-0.3, -0.25) is 19.1 Å². The molecule has 0 bridgehead atoms. The third-order valence-electron chi connectivity index (χ3n) is 4.73. The van der Waals surface area contributed by atoms with Crippen LogP contribution in [0.4, 0.5) is 5.95 Å². The molecule has 1 saturated heterocycles. The number of hydrogen-bond donors (Lipinski definition) is 4. The van der Waals surface area contributed by atoms with Crippen molar-refractivity contribution in [3.63, 3.8) is 0 Å². The number of aromatic nitrogens is 3. The fourth-order valence-electron chi connectivity index (χ4n) is 3.54. The molecule has 132 valence electrons. The van der Waals surface area contributed by atoms with Gasteiger partial charge in [0.1, 0.15) is 10.9 Å². The average Bonchev–Trinajstić information content (AvgIpc) is 2.91. The summed E-state index contributed by atoms with van der Waals surface area (Å²) in [5.74, 6) is -0.587. The van der Waals surface area contributed by atoms with E-state index in [1.807, 2.05) is 13.8 Å². The molecule has 2 aromatic heterocycles.